The van der Waals surface area contributed by atoms with Crippen LogP contribution < -0.4 is 5.32 Å². The van der Waals surface area contributed by atoms with Crippen molar-refractivity contribution >= 4 is 21.7 Å². The van der Waals surface area contributed by atoms with Crippen molar-refractivity contribution in [2.24, 2.45) is 0 Å². The zero-order valence-electron chi connectivity index (χ0n) is 8.07. The van der Waals surface area contributed by atoms with Crippen LogP contribution in [0.3, 0.4) is 0 Å². The first-order valence-corrected chi connectivity index (χ1v) is 5.17. The van der Waals surface area contributed by atoms with E-state index in [1.807, 2.05) is 13.0 Å². The number of rotatable bonds is 3. The highest BCUT2D eigenvalue weighted by Crippen LogP contribution is 2.11. The Balaban J connectivity index is 1.99. The molecular weight excluding hydrogens is 260 g/mol. The summed E-state index contributed by atoms with van der Waals surface area (Å²) in [6.45, 7) is 2.44. The van der Waals surface area contributed by atoms with Crippen LogP contribution in [0.1, 0.15) is 11.5 Å². The summed E-state index contributed by atoms with van der Waals surface area (Å²) in [5, 5.41) is 6.89. The van der Waals surface area contributed by atoms with Crippen molar-refractivity contribution in [1.82, 2.24) is 15.1 Å². The molecule has 0 spiro atoms. The average molecular weight is 269 g/mol. The molecule has 2 rings (SSSR count). The molecule has 0 radical (unpaired) electrons. The Hall–Kier alpha value is -1.43. The Morgan fingerprint density at radius 3 is 2.93 bits per heavy atom. The molecule has 0 unspecified atom stereocenters. The van der Waals surface area contributed by atoms with E-state index in [0.29, 0.717) is 6.54 Å². The number of halogens is 1. The monoisotopic (exact) mass is 268 g/mol. The molecule has 0 fully saturated rings. The minimum Gasteiger partial charge on any atom is -0.363 e. The first kappa shape index (κ1) is 10.1. The maximum absolute atomic E-state index is 5.05. The second-order valence-corrected chi connectivity index (χ2v) is 3.83. The number of aryl methyl sites for hydroxylation is 1. The highest BCUT2D eigenvalue weighted by molar-refractivity contribution is 9.10. The summed E-state index contributed by atoms with van der Waals surface area (Å²) in [5.74, 6) is 1.52. The van der Waals surface area contributed by atoms with Gasteiger partial charge in [0.25, 0.3) is 0 Å². The summed E-state index contributed by atoms with van der Waals surface area (Å²) in [6.07, 6.45) is 1.48. The van der Waals surface area contributed by atoms with Crippen molar-refractivity contribution in [3.8, 4) is 0 Å². The van der Waals surface area contributed by atoms with Crippen LogP contribution >= 0.6 is 15.9 Å². The molecule has 2 aromatic rings. The SMILES string of the molecule is Cc1cc(CNc2cc(Br)ncn2)on1. The molecule has 2 heterocycles. The summed E-state index contributed by atoms with van der Waals surface area (Å²) in [6, 6.07) is 3.67. The zero-order valence-corrected chi connectivity index (χ0v) is 9.65. The summed E-state index contributed by atoms with van der Waals surface area (Å²) in [7, 11) is 0. The fraction of sp³-hybridized carbons (Fsp3) is 0.222. The van der Waals surface area contributed by atoms with Gasteiger partial charge in [0.1, 0.15) is 16.7 Å². The molecule has 0 bridgehead atoms. The van der Waals surface area contributed by atoms with Gasteiger partial charge < -0.3 is 9.84 Å². The van der Waals surface area contributed by atoms with Gasteiger partial charge >= 0.3 is 0 Å². The third-order valence-electron chi connectivity index (χ3n) is 1.75. The molecule has 0 aliphatic rings. The lowest BCUT2D eigenvalue weighted by Gasteiger charge is -2.01. The van der Waals surface area contributed by atoms with Crippen molar-refractivity contribution in [3.05, 3.63) is 34.5 Å². The smallest absolute Gasteiger partial charge is 0.156 e. The second kappa shape index (κ2) is 4.39. The molecule has 0 saturated heterocycles. The van der Waals surface area contributed by atoms with E-state index in [-0.39, 0.29) is 0 Å². The van der Waals surface area contributed by atoms with Crippen LogP contribution in [0, 0.1) is 6.92 Å². The van der Waals surface area contributed by atoms with Crippen LogP contribution in [0.15, 0.2) is 27.6 Å². The highest BCUT2D eigenvalue weighted by Gasteiger charge is 2.01. The van der Waals surface area contributed by atoms with E-state index in [1.165, 1.54) is 6.33 Å². The lowest BCUT2D eigenvalue weighted by molar-refractivity contribution is 0.384. The van der Waals surface area contributed by atoms with Crippen LogP contribution in [-0.2, 0) is 6.54 Å². The lowest BCUT2D eigenvalue weighted by atomic mass is 10.4. The van der Waals surface area contributed by atoms with Crippen LogP contribution in [0.25, 0.3) is 0 Å². The Morgan fingerprint density at radius 2 is 2.27 bits per heavy atom. The molecule has 0 saturated carbocycles. The maximum Gasteiger partial charge on any atom is 0.156 e. The van der Waals surface area contributed by atoms with Crippen molar-refractivity contribution in [1.29, 1.82) is 0 Å². The molecule has 0 aliphatic carbocycles. The predicted molar refractivity (Wildman–Crippen MR) is 58.3 cm³/mol. The van der Waals surface area contributed by atoms with Gasteiger partial charge in [0.15, 0.2) is 5.76 Å². The standard InChI is InChI=1S/C9H9BrN4O/c1-6-2-7(15-14-6)4-11-9-3-8(10)12-5-13-9/h2-3,5H,4H2,1H3,(H,11,12,13). The van der Waals surface area contributed by atoms with Crippen LogP contribution in [0.4, 0.5) is 5.82 Å². The van der Waals surface area contributed by atoms with Gasteiger partial charge in [-0.15, -0.1) is 0 Å². The second-order valence-electron chi connectivity index (χ2n) is 3.01. The molecule has 5 nitrogen and oxygen atoms in total. The van der Waals surface area contributed by atoms with E-state index in [2.05, 4.69) is 36.4 Å². The van der Waals surface area contributed by atoms with Crippen LogP contribution in [-0.4, -0.2) is 15.1 Å². The highest BCUT2D eigenvalue weighted by atomic mass is 79.9. The molecule has 0 aliphatic heterocycles. The Labute approximate surface area is 95.0 Å². The Kier molecular flexibility index (Phi) is 2.96. The Bertz CT molecular complexity index is 457. The number of hydrogen-bond acceptors (Lipinski definition) is 5. The van der Waals surface area contributed by atoms with Gasteiger partial charge in [-0.2, -0.15) is 0 Å². The lowest BCUT2D eigenvalue weighted by Crippen LogP contribution is -2.00. The van der Waals surface area contributed by atoms with Gasteiger partial charge in [-0.1, -0.05) is 5.16 Å². The van der Waals surface area contributed by atoms with E-state index >= 15 is 0 Å². The van der Waals surface area contributed by atoms with E-state index in [9.17, 15) is 0 Å². The van der Waals surface area contributed by atoms with Crippen LogP contribution in [0.5, 0.6) is 0 Å². The minimum absolute atomic E-state index is 0.560. The summed E-state index contributed by atoms with van der Waals surface area (Å²) in [4.78, 5) is 7.98. The molecule has 0 atom stereocenters. The molecule has 0 amide bonds. The number of anilines is 1. The molecule has 2 aromatic heterocycles. The van der Waals surface area contributed by atoms with Gasteiger partial charge in [0.2, 0.25) is 0 Å². The average Bonchev–Trinajstić information content (AvgIpc) is 2.62. The van der Waals surface area contributed by atoms with Crippen LogP contribution in [0.2, 0.25) is 0 Å². The number of aromatic nitrogens is 3. The molecule has 78 valence electrons. The first-order valence-electron chi connectivity index (χ1n) is 4.37. The Morgan fingerprint density at radius 1 is 1.40 bits per heavy atom. The molecule has 0 aromatic carbocycles. The fourth-order valence-corrected chi connectivity index (χ4v) is 1.42. The zero-order chi connectivity index (χ0) is 10.7. The van der Waals surface area contributed by atoms with Gasteiger partial charge in [0.05, 0.1) is 12.2 Å². The predicted octanol–water partition coefficient (Wildman–Crippen LogP) is 2.15. The third kappa shape index (κ3) is 2.76. The first-order chi connectivity index (χ1) is 7.24. The summed E-state index contributed by atoms with van der Waals surface area (Å²) < 4.78 is 5.79. The molecule has 6 heteroatoms. The largest absolute Gasteiger partial charge is 0.363 e. The van der Waals surface area contributed by atoms with E-state index in [1.54, 1.807) is 6.07 Å². The van der Waals surface area contributed by atoms with Gasteiger partial charge in [0, 0.05) is 12.1 Å². The van der Waals surface area contributed by atoms with Gasteiger partial charge in [-0.3, -0.25) is 0 Å². The third-order valence-corrected chi connectivity index (χ3v) is 2.19. The maximum atomic E-state index is 5.05. The number of nitrogens with one attached hydrogen (secondary N) is 1. The topological polar surface area (TPSA) is 63.8 Å². The van der Waals surface area contributed by atoms with Crippen molar-refractivity contribution in [2.45, 2.75) is 13.5 Å². The summed E-state index contributed by atoms with van der Waals surface area (Å²) >= 11 is 3.27. The van der Waals surface area contributed by atoms with E-state index in [0.717, 1.165) is 21.9 Å². The van der Waals surface area contributed by atoms with Gasteiger partial charge in [-0.25, -0.2) is 9.97 Å². The normalized spacial score (nSPS) is 10.3. The summed E-state index contributed by atoms with van der Waals surface area (Å²) in [5.41, 5.74) is 0.871. The minimum atomic E-state index is 0.560. The van der Waals surface area contributed by atoms with Crippen molar-refractivity contribution < 1.29 is 4.52 Å². The quantitative estimate of drug-likeness (QED) is 0.865. The van der Waals surface area contributed by atoms with Crippen molar-refractivity contribution in [2.75, 3.05) is 5.32 Å². The van der Waals surface area contributed by atoms with Gasteiger partial charge in [-0.05, 0) is 22.9 Å². The number of nitrogens with zero attached hydrogens (tertiary/aromatic N) is 3. The molecular formula is C9H9BrN4O. The number of hydrogen-bond donors (Lipinski definition) is 1. The fourth-order valence-electron chi connectivity index (χ4n) is 1.11. The van der Waals surface area contributed by atoms with E-state index in [4.69, 9.17) is 4.52 Å². The van der Waals surface area contributed by atoms with E-state index < -0.39 is 0 Å². The van der Waals surface area contributed by atoms with Crippen molar-refractivity contribution in [3.63, 3.8) is 0 Å². The molecule has 1 N–H and O–H groups in total. The molecule has 15 heavy (non-hydrogen) atoms.